The minimum atomic E-state index is -0.553. The molecule has 0 aromatic heterocycles. The van der Waals surface area contributed by atoms with Gasteiger partial charge in [-0.25, -0.2) is 0 Å². The van der Waals surface area contributed by atoms with Crippen molar-refractivity contribution in [2.45, 2.75) is 18.9 Å². The number of nitrogens with zero attached hydrogens (tertiary/aromatic N) is 1. The summed E-state index contributed by atoms with van der Waals surface area (Å²) in [5.41, 5.74) is 0.0597. The Morgan fingerprint density at radius 1 is 1.45 bits per heavy atom. The van der Waals surface area contributed by atoms with E-state index in [4.69, 9.17) is 0 Å². The number of carbonyl (C=O) groups excluding carboxylic acids is 2. The van der Waals surface area contributed by atoms with Crippen LogP contribution in [0.3, 0.4) is 0 Å². The third-order valence-electron chi connectivity index (χ3n) is 2.96. The number of nitro groups is 1. The highest BCUT2D eigenvalue weighted by Crippen LogP contribution is 2.21. The molecule has 1 saturated heterocycles. The van der Waals surface area contributed by atoms with E-state index in [9.17, 15) is 19.7 Å². The van der Waals surface area contributed by atoms with E-state index in [-0.39, 0.29) is 23.2 Å². The van der Waals surface area contributed by atoms with Gasteiger partial charge in [0.25, 0.3) is 11.6 Å². The smallest absolute Gasteiger partial charge is 0.271 e. The molecule has 0 spiro atoms. The van der Waals surface area contributed by atoms with Gasteiger partial charge in [0.1, 0.15) is 0 Å². The predicted octanol–water partition coefficient (Wildman–Crippen LogP) is 1.37. The van der Waals surface area contributed by atoms with E-state index >= 15 is 0 Å². The Kier molecular flexibility index (Phi) is 4.33. The molecule has 2 amide bonds. The number of nitro benzene ring substituents is 1. The fraction of sp³-hybridized carbons (Fsp3) is 0.333. The van der Waals surface area contributed by atoms with Gasteiger partial charge in [0.2, 0.25) is 5.91 Å². The first-order valence-corrected chi connectivity index (χ1v) is 6.77. The molecule has 2 rings (SSSR count). The number of rotatable bonds is 3. The first-order valence-electron chi connectivity index (χ1n) is 5.98. The van der Waals surface area contributed by atoms with Crippen molar-refractivity contribution in [3.8, 4) is 0 Å². The highest BCUT2D eigenvalue weighted by molar-refractivity contribution is 9.10. The molecule has 1 unspecified atom stereocenters. The molecule has 1 aromatic rings. The number of halogens is 1. The fourth-order valence-corrected chi connectivity index (χ4v) is 2.42. The highest BCUT2D eigenvalue weighted by atomic mass is 79.9. The van der Waals surface area contributed by atoms with Crippen LogP contribution < -0.4 is 10.6 Å². The van der Waals surface area contributed by atoms with Crippen LogP contribution in [0.25, 0.3) is 0 Å². The summed E-state index contributed by atoms with van der Waals surface area (Å²) in [6.45, 7) is 0.376. The average molecular weight is 342 g/mol. The molecule has 1 aliphatic rings. The van der Waals surface area contributed by atoms with Crippen molar-refractivity contribution in [3.05, 3.63) is 38.3 Å². The first kappa shape index (κ1) is 14.4. The van der Waals surface area contributed by atoms with Gasteiger partial charge in [-0.3, -0.25) is 19.7 Å². The van der Waals surface area contributed by atoms with E-state index in [1.54, 1.807) is 0 Å². The van der Waals surface area contributed by atoms with E-state index in [0.29, 0.717) is 23.9 Å². The summed E-state index contributed by atoms with van der Waals surface area (Å²) in [5.74, 6) is -0.427. The van der Waals surface area contributed by atoms with Gasteiger partial charge in [-0.2, -0.15) is 0 Å². The molecule has 0 saturated carbocycles. The number of piperidine rings is 1. The zero-order valence-corrected chi connectivity index (χ0v) is 12.0. The summed E-state index contributed by atoms with van der Waals surface area (Å²) in [5, 5.41) is 16.2. The van der Waals surface area contributed by atoms with Crippen molar-refractivity contribution < 1.29 is 14.5 Å². The summed E-state index contributed by atoms with van der Waals surface area (Å²) in [6, 6.07) is 3.92. The molecule has 1 aliphatic heterocycles. The second-order valence-electron chi connectivity index (χ2n) is 4.47. The van der Waals surface area contributed by atoms with Crippen LogP contribution >= 0.6 is 15.9 Å². The zero-order valence-electron chi connectivity index (χ0n) is 10.4. The van der Waals surface area contributed by atoms with Crippen molar-refractivity contribution in [1.29, 1.82) is 0 Å². The maximum atomic E-state index is 12.1. The Labute approximate surface area is 123 Å². The first-order chi connectivity index (χ1) is 9.45. The van der Waals surface area contributed by atoms with E-state index in [1.807, 2.05) is 0 Å². The molecule has 2 N–H and O–H groups in total. The van der Waals surface area contributed by atoms with Gasteiger partial charge in [0.15, 0.2) is 0 Å². The molecule has 0 aliphatic carbocycles. The van der Waals surface area contributed by atoms with Gasteiger partial charge in [0, 0.05) is 41.2 Å². The summed E-state index contributed by atoms with van der Waals surface area (Å²) < 4.78 is 0.466. The number of amides is 2. The van der Waals surface area contributed by atoms with Crippen LogP contribution in [-0.2, 0) is 4.79 Å². The topological polar surface area (TPSA) is 101 Å². The summed E-state index contributed by atoms with van der Waals surface area (Å²) in [4.78, 5) is 33.3. The monoisotopic (exact) mass is 341 g/mol. The molecule has 1 heterocycles. The molecule has 106 valence electrons. The van der Waals surface area contributed by atoms with Crippen molar-refractivity contribution >= 4 is 33.4 Å². The second kappa shape index (κ2) is 6.00. The van der Waals surface area contributed by atoms with E-state index < -0.39 is 10.8 Å². The lowest BCUT2D eigenvalue weighted by atomic mass is 10.1. The summed E-state index contributed by atoms with van der Waals surface area (Å²) >= 11 is 3.14. The Bertz CT molecular complexity index is 566. The van der Waals surface area contributed by atoms with E-state index in [1.165, 1.54) is 18.2 Å². The van der Waals surface area contributed by atoms with Crippen molar-refractivity contribution in [1.82, 2.24) is 10.6 Å². The predicted molar refractivity (Wildman–Crippen MR) is 74.3 cm³/mol. The lowest BCUT2D eigenvalue weighted by molar-refractivity contribution is -0.385. The maximum Gasteiger partial charge on any atom is 0.271 e. The Balaban J connectivity index is 2.09. The second-order valence-corrected chi connectivity index (χ2v) is 5.38. The summed E-state index contributed by atoms with van der Waals surface area (Å²) in [7, 11) is 0. The Morgan fingerprint density at radius 2 is 2.20 bits per heavy atom. The van der Waals surface area contributed by atoms with Gasteiger partial charge < -0.3 is 10.6 Å². The minimum Gasteiger partial charge on any atom is -0.354 e. The highest BCUT2D eigenvalue weighted by Gasteiger charge is 2.21. The lowest BCUT2D eigenvalue weighted by Gasteiger charge is -2.23. The van der Waals surface area contributed by atoms with Gasteiger partial charge in [0.05, 0.1) is 4.92 Å². The molecule has 7 nitrogen and oxygen atoms in total. The standard InChI is InChI=1S/C12H12BrN3O4/c13-8-3-7(4-10(5-8)16(19)20)12(18)15-9-1-2-11(17)14-6-9/h3-5,9H,1-2,6H2,(H,14,17)(H,15,18). The zero-order chi connectivity index (χ0) is 14.7. The third kappa shape index (κ3) is 3.53. The van der Waals surface area contributed by atoms with Crippen molar-refractivity contribution in [3.63, 3.8) is 0 Å². The Hall–Kier alpha value is -1.96. The van der Waals surface area contributed by atoms with Gasteiger partial charge in [-0.15, -0.1) is 0 Å². The molecule has 1 aromatic carbocycles. The van der Waals surface area contributed by atoms with Crippen LogP contribution in [0.4, 0.5) is 5.69 Å². The largest absolute Gasteiger partial charge is 0.354 e. The fourth-order valence-electron chi connectivity index (χ4n) is 1.94. The number of carbonyl (C=O) groups is 2. The molecular formula is C12H12BrN3O4. The Morgan fingerprint density at radius 3 is 2.80 bits per heavy atom. The quantitative estimate of drug-likeness (QED) is 0.640. The number of hydrogen-bond acceptors (Lipinski definition) is 4. The SMILES string of the molecule is O=C1CCC(NC(=O)c2cc(Br)cc([N+](=O)[O-])c2)CN1. The normalized spacial score (nSPS) is 18.2. The number of non-ortho nitro benzene ring substituents is 1. The maximum absolute atomic E-state index is 12.1. The summed E-state index contributed by atoms with van der Waals surface area (Å²) in [6.07, 6.45) is 0.928. The minimum absolute atomic E-state index is 0.0337. The average Bonchev–Trinajstić information content (AvgIpc) is 2.40. The van der Waals surface area contributed by atoms with Crippen LogP contribution in [0.15, 0.2) is 22.7 Å². The van der Waals surface area contributed by atoms with E-state index in [2.05, 4.69) is 26.6 Å². The third-order valence-corrected chi connectivity index (χ3v) is 3.41. The van der Waals surface area contributed by atoms with Crippen LogP contribution in [0.5, 0.6) is 0 Å². The van der Waals surface area contributed by atoms with Gasteiger partial charge in [-0.1, -0.05) is 15.9 Å². The molecule has 0 bridgehead atoms. The lowest BCUT2D eigenvalue weighted by Crippen LogP contribution is -2.47. The van der Waals surface area contributed by atoms with E-state index in [0.717, 1.165) is 0 Å². The number of hydrogen-bond donors (Lipinski definition) is 2. The van der Waals surface area contributed by atoms with Crippen molar-refractivity contribution in [2.75, 3.05) is 6.54 Å². The molecule has 0 radical (unpaired) electrons. The van der Waals surface area contributed by atoms with Gasteiger partial charge >= 0.3 is 0 Å². The molecule has 8 heteroatoms. The van der Waals surface area contributed by atoms with Crippen LogP contribution in [-0.4, -0.2) is 29.3 Å². The van der Waals surface area contributed by atoms with Crippen LogP contribution in [0.2, 0.25) is 0 Å². The van der Waals surface area contributed by atoms with Crippen LogP contribution in [0, 0.1) is 10.1 Å². The van der Waals surface area contributed by atoms with Gasteiger partial charge in [-0.05, 0) is 12.5 Å². The molecular weight excluding hydrogens is 330 g/mol. The molecule has 1 atom stereocenters. The molecule has 20 heavy (non-hydrogen) atoms. The molecule has 1 fully saturated rings. The van der Waals surface area contributed by atoms with Crippen molar-refractivity contribution in [2.24, 2.45) is 0 Å². The number of benzene rings is 1. The van der Waals surface area contributed by atoms with Crippen LogP contribution in [0.1, 0.15) is 23.2 Å². The number of nitrogens with one attached hydrogen (secondary N) is 2.